The maximum absolute atomic E-state index is 13.1. The maximum Gasteiger partial charge on any atom is 0.220 e. The number of amides is 1. The average molecular weight is 334 g/mol. The van der Waals surface area contributed by atoms with Crippen LogP contribution in [0.15, 0.2) is 23.2 Å². The van der Waals surface area contributed by atoms with Gasteiger partial charge in [0.05, 0.1) is 0 Å². The van der Waals surface area contributed by atoms with E-state index >= 15 is 0 Å². The monoisotopic (exact) mass is 334 g/mol. The molecule has 1 fully saturated rings. The molecule has 1 aliphatic rings. The molecular formula is C18H27FN4O. The van der Waals surface area contributed by atoms with E-state index in [9.17, 15) is 9.18 Å². The van der Waals surface area contributed by atoms with Crippen LogP contribution in [-0.2, 0) is 11.2 Å². The third-order valence-electron chi connectivity index (χ3n) is 4.03. The molecule has 0 bridgehead atoms. The molecule has 0 spiro atoms. The minimum absolute atomic E-state index is 0.133. The topological polar surface area (TPSA) is 65.5 Å². The average Bonchev–Trinajstić information content (AvgIpc) is 3.35. The van der Waals surface area contributed by atoms with Crippen molar-refractivity contribution in [2.24, 2.45) is 4.99 Å². The summed E-state index contributed by atoms with van der Waals surface area (Å²) in [5.41, 5.74) is 2.08. The molecule has 0 radical (unpaired) electrons. The lowest BCUT2D eigenvalue weighted by Gasteiger charge is -2.12. The quantitative estimate of drug-likeness (QED) is 0.386. The van der Waals surface area contributed by atoms with E-state index < -0.39 is 0 Å². The Labute approximate surface area is 143 Å². The Morgan fingerprint density at radius 2 is 2.04 bits per heavy atom. The van der Waals surface area contributed by atoms with Crippen molar-refractivity contribution in [2.75, 3.05) is 20.1 Å². The molecule has 0 unspecified atom stereocenters. The first-order valence-corrected chi connectivity index (χ1v) is 8.57. The van der Waals surface area contributed by atoms with E-state index in [1.165, 1.54) is 6.07 Å². The fraction of sp³-hybridized carbons (Fsp3) is 0.556. The first-order chi connectivity index (χ1) is 11.6. The first-order valence-electron chi connectivity index (χ1n) is 8.57. The van der Waals surface area contributed by atoms with Crippen molar-refractivity contribution < 1.29 is 9.18 Å². The maximum atomic E-state index is 13.1. The Kier molecular flexibility index (Phi) is 7.03. The van der Waals surface area contributed by atoms with E-state index in [0.29, 0.717) is 25.6 Å². The van der Waals surface area contributed by atoms with Crippen molar-refractivity contribution in [3.63, 3.8) is 0 Å². The minimum Gasteiger partial charge on any atom is -0.356 e. The Balaban J connectivity index is 1.60. The number of nitrogens with zero attached hydrogens (tertiary/aromatic N) is 1. The van der Waals surface area contributed by atoms with Crippen LogP contribution >= 0.6 is 0 Å². The molecule has 1 aliphatic carbocycles. The van der Waals surface area contributed by atoms with Crippen molar-refractivity contribution in [3.05, 3.63) is 35.1 Å². The van der Waals surface area contributed by atoms with Gasteiger partial charge in [-0.3, -0.25) is 9.79 Å². The molecule has 6 heteroatoms. The van der Waals surface area contributed by atoms with Gasteiger partial charge in [0.15, 0.2) is 5.96 Å². The van der Waals surface area contributed by atoms with Crippen molar-refractivity contribution in [1.82, 2.24) is 16.0 Å². The van der Waals surface area contributed by atoms with Gasteiger partial charge in [0.1, 0.15) is 5.82 Å². The number of aliphatic imine (C=N–C) groups is 1. The number of aryl methyl sites for hydroxylation is 1. The van der Waals surface area contributed by atoms with E-state index in [4.69, 9.17) is 0 Å². The second-order valence-corrected chi connectivity index (χ2v) is 6.19. The lowest BCUT2D eigenvalue weighted by atomic mass is 10.1. The molecule has 0 aliphatic heterocycles. The van der Waals surface area contributed by atoms with Gasteiger partial charge in [-0.2, -0.15) is 0 Å². The van der Waals surface area contributed by atoms with Gasteiger partial charge in [-0.15, -0.1) is 0 Å². The summed E-state index contributed by atoms with van der Waals surface area (Å²) in [6.07, 6.45) is 4.35. The summed E-state index contributed by atoms with van der Waals surface area (Å²) in [4.78, 5) is 15.7. The molecule has 1 aromatic carbocycles. The number of carbonyl (C=O) groups excluding carboxylic acids is 1. The Bertz CT molecular complexity index is 584. The third kappa shape index (κ3) is 6.56. The van der Waals surface area contributed by atoms with Crippen molar-refractivity contribution in [1.29, 1.82) is 0 Å². The zero-order valence-corrected chi connectivity index (χ0v) is 14.5. The van der Waals surface area contributed by atoms with E-state index in [1.807, 2.05) is 13.0 Å². The van der Waals surface area contributed by atoms with Crippen LogP contribution in [0.5, 0.6) is 0 Å². The van der Waals surface area contributed by atoms with Crippen molar-refractivity contribution >= 4 is 11.9 Å². The summed E-state index contributed by atoms with van der Waals surface area (Å²) < 4.78 is 13.1. The van der Waals surface area contributed by atoms with Gasteiger partial charge in [-0.1, -0.05) is 6.07 Å². The van der Waals surface area contributed by atoms with Crippen LogP contribution in [0.2, 0.25) is 0 Å². The molecule has 1 amide bonds. The van der Waals surface area contributed by atoms with Gasteiger partial charge in [0, 0.05) is 32.6 Å². The van der Waals surface area contributed by atoms with E-state index in [-0.39, 0.29) is 11.7 Å². The number of hydrogen-bond donors (Lipinski definition) is 3. The molecule has 1 aromatic rings. The molecular weight excluding hydrogens is 307 g/mol. The molecule has 2 rings (SSSR count). The Morgan fingerprint density at radius 1 is 1.29 bits per heavy atom. The molecule has 0 heterocycles. The van der Waals surface area contributed by atoms with Crippen LogP contribution in [-0.4, -0.2) is 38.0 Å². The molecule has 5 nitrogen and oxygen atoms in total. The Morgan fingerprint density at radius 3 is 2.71 bits per heavy atom. The van der Waals surface area contributed by atoms with Gasteiger partial charge in [0.25, 0.3) is 0 Å². The van der Waals surface area contributed by atoms with Crippen LogP contribution < -0.4 is 16.0 Å². The van der Waals surface area contributed by atoms with Gasteiger partial charge in [-0.05, 0) is 55.9 Å². The lowest BCUT2D eigenvalue weighted by Crippen LogP contribution is -2.39. The predicted octanol–water partition coefficient (Wildman–Crippen LogP) is 1.90. The zero-order chi connectivity index (χ0) is 17.4. The summed E-state index contributed by atoms with van der Waals surface area (Å²) in [5.74, 6) is 0.652. The minimum atomic E-state index is -0.201. The van der Waals surface area contributed by atoms with Crippen LogP contribution in [0, 0.1) is 12.7 Å². The molecule has 3 N–H and O–H groups in total. The van der Waals surface area contributed by atoms with Crippen LogP contribution in [0.25, 0.3) is 0 Å². The number of halogens is 1. The second kappa shape index (κ2) is 9.25. The highest BCUT2D eigenvalue weighted by atomic mass is 19.1. The van der Waals surface area contributed by atoms with Gasteiger partial charge in [0.2, 0.25) is 5.91 Å². The normalized spacial score (nSPS) is 14.4. The van der Waals surface area contributed by atoms with E-state index in [1.54, 1.807) is 13.1 Å². The summed E-state index contributed by atoms with van der Waals surface area (Å²) in [6, 6.07) is 5.29. The van der Waals surface area contributed by atoms with E-state index in [0.717, 1.165) is 42.8 Å². The third-order valence-corrected chi connectivity index (χ3v) is 4.03. The first kappa shape index (κ1) is 18.2. The molecule has 0 atom stereocenters. The molecule has 24 heavy (non-hydrogen) atoms. The summed E-state index contributed by atoms with van der Waals surface area (Å²) in [7, 11) is 1.72. The fourth-order valence-electron chi connectivity index (χ4n) is 2.46. The Hall–Kier alpha value is -2.11. The van der Waals surface area contributed by atoms with Crippen molar-refractivity contribution in [3.8, 4) is 0 Å². The van der Waals surface area contributed by atoms with Gasteiger partial charge < -0.3 is 16.0 Å². The lowest BCUT2D eigenvalue weighted by molar-refractivity contribution is -0.121. The largest absolute Gasteiger partial charge is 0.356 e. The smallest absolute Gasteiger partial charge is 0.220 e. The molecule has 1 saturated carbocycles. The number of guanidine groups is 1. The molecule has 132 valence electrons. The fourth-order valence-corrected chi connectivity index (χ4v) is 2.46. The summed E-state index contributed by atoms with van der Waals surface area (Å²) in [6.45, 7) is 3.33. The summed E-state index contributed by atoms with van der Waals surface area (Å²) in [5, 5.41) is 9.42. The number of nitrogens with one attached hydrogen (secondary N) is 3. The molecule has 0 aromatic heterocycles. The van der Waals surface area contributed by atoms with Gasteiger partial charge >= 0.3 is 0 Å². The van der Waals surface area contributed by atoms with Crippen LogP contribution in [0.3, 0.4) is 0 Å². The van der Waals surface area contributed by atoms with Crippen LogP contribution in [0.4, 0.5) is 4.39 Å². The SMILES string of the molecule is CN=C(NCCCC(=O)NC1CC1)NCCc1ccc(F)cc1C. The van der Waals surface area contributed by atoms with Crippen molar-refractivity contribution in [2.45, 2.75) is 45.1 Å². The number of carbonyl (C=O) groups is 1. The summed E-state index contributed by atoms with van der Waals surface area (Å²) >= 11 is 0. The predicted molar refractivity (Wildman–Crippen MR) is 94.6 cm³/mol. The second-order valence-electron chi connectivity index (χ2n) is 6.19. The van der Waals surface area contributed by atoms with E-state index in [2.05, 4.69) is 20.9 Å². The highest BCUT2D eigenvalue weighted by Crippen LogP contribution is 2.18. The molecule has 0 saturated heterocycles. The van der Waals surface area contributed by atoms with Crippen LogP contribution in [0.1, 0.15) is 36.8 Å². The highest BCUT2D eigenvalue weighted by molar-refractivity contribution is 5.80. The highest BCUT2D eigenvalue weighted by Gasteiger charge is 2.22. The number of rotatable bonds is 8. The van der Waals surface area contributed by atoms with Gasteiger partial charge in [-0.25, -0.2) is 4.39 Å². The zero-order valence-electron chi connectivity index (χ0n) is 14.5. The number of benzene rings is 1. The standard InChI is InChI=1S/C18H27FN4O/c1-13-12-15(19)6-5-14(13)9-11-22-18(20-2)21-10-3-4-17(24)23-16-7-8-16/h5-6,12,16H,3-4,7-11H2,1-2H3,(H,23,24)(H2,20,21,22). The number of hydrogen-bond acceptors (Lipinski definition) is 2.